The Balaban J connectivity index is 2.07. The van der Waals surface area contributed by atoms with Gasteiger partial charge in [-0.1, -0.05) is 30.3 Å². The van der Waals surface area contributed by atoms with Gasteiger partial charge in [0.25, 0.3) is 5.91 Å². The highest BCUT2D eigenvalue weighted by molar-refractivity contribution is 6.23. The average Bonchev–Trinajstić information content (AvgIpc) is 2.67. The van der Waals surface area contributed by atoms with Gasteiger partial charge in [-0.3, -0.25) is 4.79 Å². The minimum atomic E-state index is -0.0861. The minimum Gasteiger partial charge on any atom is -0.306 e. The molecule has 0 saturated heterocycles. The number of hydrogen-bond donors (Lipinski definition) is 1. The van der Waals surface area contributed by atoms with Crippen molar-refractivity contribution in [3.8, 4) is 0 Å². The number of amides is 1. The molecule has 0 spiro atoms. The molecule has 1 aliphatic rings. The Kier molecular flexibility index (Phi) is 2.45. The predicted octanol–water partition coefficient (Wildman–Crippen LogP) is 2.82. The smallest absolute Gasteiger partial charge is 0.257 e. The van der Waals surface area contributed by atoms with E-state index in [0.29, 0.717) is 11.4 Å². The Labute approximate surface area is 105 Å². The molecule has 0 aromatic heterocycles. The zero-order chi connectivity index (χ0) is 12.5. The Morgan fingerprint density at radius 3 is 2.56 bits per heavy atom. The van der Waals surface area contributed by atoms with Crippen molar-refractivity contribution < 1.29 is 4.79 Å². The lowest BCUT2D eigenvalue weighted by Gasteiger charge is -2.00. The summed E-state index contributed by atoms with van der Waals surface area (Å²) in [7, 11) is 0. The standard InChI is InChI=1S/C15H12N2O/c1-10-5-4-6-11(9-10)16-14-12-7-2-3-8-13(12)15(18)17-14/h2-9H,1H3,(H,16,17,18). The van der Waals surface area contributed by atoms with Crippen LogP contribution in [-0.2, 0) is 0 Å². The van der Waals surface area contributed by atoms with E-state index in [9.17, 15) is 4.79 Å². The lowest BCUT2D eigenvalue weighted by atomic mass is 10.1. The summed E-state index contributed by atoms with van der Waals surface area (Å²) >= 11 is 0. The largest absolute Gasteiger partial charge is 0.306 e. The van der Waals surface area contributed by atoms with Crippen LogP contribution in [-0.4, -0.2) is 11.7 Å². The molecule has 1 aliphatic heterocycles. The van der Waals surface area contributed by atoms with E-state index in [1.54, 1.807) is 0 Å². The number of aryl methyl sites for hydroxylation is 1. The van der Waals surface area contributed by atoms with Gasteiger partial charge >= 0.3 is 0 Å². The number of fused-ring (bicyclic) bond motifs is 1. The summed E-state index contributed by atoms with van der Waals surface area (Å²) in [5.41, 5.74) is 3.55. The number of aliphatic imine (C=N–C) groups is 1. The second-order valence-electron chi connectivity index (χ2n) is 4.30. The van der Waals surface area contributed by atoms with Crippen molar-refractivity contribution in [1.82, 2.24) is 5.32 Å². The van der Waals surface area contributed by atoms with E-state index in [0.717, 1.165) is 16.8 Å². The second-order valence-corrected chi connectivity index (χ2v) is 4.30. The molecule has 2 aromatic rings. The average molecular weight is 236 g/mol. The first-order valence-corrected chi connectivity index (χ1v) is 5.80. The van der Waals surface area contributed by atoms with Crippen LogP contribution in [0.5, 0.6) is 0 Å². The van der Waals surface area contributed by atoms with Crippen LogP contribution in [0.1, 0.15) is 21.5 Å². The quantitative estimate of drug-likeness (QED) is 0.812. The van der Waals surface area contributed by atoms with Gasteiger partial charge in [0.1, 0.15) is 5.84 Å². The van der Waals surface area contributed by atoms with E-state index in [1.807, 2.05) is 55.5 Å². The van der Waals surface area contributed by atoms with Gasteiger partial charge < -0.3 is 5.32 Å². The normalized spacial score (nSPS) is 15.6. The molecule has 0 aliphatic carbocycles. The monoisotopic (exact) mass is 236 g/mol. The van der Waals surface area contributed by atoms with Crippen LogP contribution in [0.15, 0.2) is 53.5 Å². The van der Waals surface area contributed by atoms with Crippen LogP contribution >= 0.6 is 0 Å². The molecule has 0 bridgehead atoms. The number of benzene rings is 2. The zero-order valence-electron chi connectivity index (χ0n) is 9.97. The molecule has 3 rings (SSSR count). The highest BCUT2D eigenvalue weighted by Crippen LogP contribution is 2.20. The van der Waals surface area contributed by atoms with Crippen molar-refractivity contribution >= 4 is 17.4 Å². The van der Waals surface area contributed by atoms with Crippen molar-refractivity contribution in [2.75, 3.05) is 0 Å². The highest BCUT2D eigenvalue weighted by Gasteiger charge is 2.23. The lowest BCUT2D eigenvalue weighted by molar-refractivity contribution is 0.0983. The number of carbonyl (C=O) groups excluding carboxylic acids is 1. The van der Waals surface area contributed by atoms with E-state index in [2.05, 4.69) is 10.3 Å². The highest BCUT2D eigenvalue weighted by atomic mass is 16.2. The molecule has 2 aromatic carbocycles. The van der Waals surface area contributed by atoms with Gasteiger partial charge in [-0.2, -0.15) is 0 Å². The van der Waals surface area contributed by atoms with E-state index >= 15 is 0 Å². The Morgan fingerprint density at radius 1 is 1.00 bits per heavy atom. The number of carbonyl (C=O) groups is 1. The van der Waals surface area contributed by atoms with E-state index in [1.165, 1.54) is 0 Å². The third-order valence-electron chi connectivity index (χ3n) is 2.90. The third-order valence-corrected chi connectivity index (χ3v) is 2.90. The molecule has 1 amide bonds. The van der Waals surface area contributed by atoms with Crippen molar-refractivity contribution in [3.63, 3.8) is 0 Å². The molecule has 0 radical (unpaired) electrons. The first kappa shape index (κ1) is 10.7. The molecule has 1 N–H and O–H groups in total. The summed E-state index contributed by atoms with van der Waals surface area (Å²) in [6.45, 7) is 2.02. The van der Waals surface area contributed by atoms with Crippen LogP contribution < -0.4 is 5.32 Å². The summed E-state index contributed by atoms with van der Waals surface area (Å²) in [4.78, 5) is 16.2. The van der Waals surface area contributed by atoms with Gasteiger partial charge in [0.2, 0.25) is 0 Å². The van der Waals surface area contributed by atoms with Crippen molar-refractivity contribution in [2.45, 2.75) is 6.92 Å². The first-order chi connectivity index (χ1) is 8.74. The fourth-order valence-electron chi connectivity index (χ4n) is 2.04. The summed E-state index contributed by atoms with van der Waals surface area (Å²) in [6, 6.07) is 15.4. The molecular weight excluding hydrogens is 224 g/mol. The molecule has 88 valence electrons. The molecule has 0 unspecified atom stereocenters. The third kappa shape index (κ3) is 1.80. The summed E-state index contributed by atoms with van der Waals surface area (Å²) in [5, 5.41) is 2.80. The molecule has 0 saturated carbocycles. The predicted molar refractivity (Wildman–Crippen MR) is 71.3 cm³/mol. The van der Waals surface area contributed by atoms with Crippen molar-refractivity contribution in [2.24, 2.45) is 4.99 Å². The van der Waals surface area contributed by atoms with E-state index in [4.69, 9.17) is 0 Å². The number of nitrogens with zero attached hydrogens (tertiary/aromatic N) is 1. The Morgan fingerprint density at radius 2 is 1.78 bits per heavy atom. The lowest BCUT2D eigenvalue weighted by Crippen LogP contribution is -2.21. The zero-order valence-corrected chi connectivity index (χ0v) is 9.97. The van der Waals surface area contributed by atoms with Gasteiger partial charge in [0, 0.05) is 5.56 Å². The molecule has 3 nitrogen and oxygen atoms in total. The number of nitrogens with one attached hydrogen (secondary N) is 1. The molecule has 18 heavy (non-hydrogen) atoms. The van der Waals surface area contributed by atoms with Gasteiger partial charge in [-0.15, -0.1) is 0 Å². The number of amidine groups is 1. The first-order valence-electron chi connectivity index (χ1n) is 5.80. The van der Waals surface area contributed by atoms with Crippen LogP contribution in [0.25, 0.3) is 0 Å². The Hall–Kier alpha value is -2.42. The maximum atomic E-state index is 11.7. The summed E-state index contributed by atoms with van der Waals surface area (Å²) in [6.07, 6.45) is 0. The summed E-state index contributed by atoms with van der Waals surface area (Å²) < 4.78 is 0. The van der Waals surface area contributed by atoms with Crippen molar-refractivity contribution in [1.29, 1.82) is 0 Å². The summed E-state index contributed by atoms with van der Waals surface area (Å²) in [5.74, 6) is 0.540. The topological polar surface area (TPSA) is 41.5 Å². The van der Waals surface area contributed by atoms with Gasteiger partial charge in [-0.05, 0) is 30.7 Å². The van der Waals surface area contributed by atoms with Gasteiger partial charge in [-0.25, -0.2) is 4.99 Å². The van der Waals surface area contributed by atoms with Crippen molar-refractivity contribution in [3.05, 3.63) is 65.2 Å². The molecule has 1 heterocycles. The minimum absolute atomic E-state index is 0.0861. The number of hydrogen-bond acceptors (Lipinski definition) is 2. The van der Waals surface area contributed by atoms with E-state index < -0.39 is 0 Å². The van der Waals surface area contributed by atoms with E-state index in [-0.39, 0.29) is 5.91 Å². The second kappa shape index (κ2) is 4.11. The Bertz CT molecular complexity index is 659. The van der Waals surface area contributed by atoms with Crippen LogP contribution in [0.3, 0.4) is 0 Å². The maximum Gasteiger partial charge on any atom is 0.257 e. The van der Waals surface area contributed by atoms with Crippen LogP contribution in [0, 0.1) is 6.92 Å². The molecule has 0 fully saturated rings. The maximum absolute atomic E-state index is 11.7. The molecule has 0 atom stereocenters. The number of rotatable bonds is 1. The fraction of sp³-hybridized carbons (Fsp3) is 0.0667. The van der Waals surface area contributed by atoms with Crippen LogP contribution in [0.4, 0.5) is 5.69 Å². The van der Waals surface area contributed by atoms with Gasteiger partial charge in [0.05, 0.1) is 11.3 Å². The van der Waals surface area contributed by atoms with Crippen LogP contribution in [0.2, 0.25) is 0 Å². The van der Waals surface area contributed by atoms with Gasteiger partial charge in [0.15, 0.2) is 0 Å². The molecular formula is C15H12N2O. The fourth-order valence-corrected chi connectivity index (χ4v) is 2.04. The molecule has 3 heteroatoms. The SMILES string of the molecule is Cc1cccc(N=C2NC(=O)c3ccccc32)c1.